The number of hydrogen-bond donors (Lipinski definition) is 1. The fourth-order valence-corrected chi connectivity index (χ4v) is 2.17. The second kappa shape index (κ2) is 7.18. The Kier molecular flexibility index (Phi) is 5.28. The van der Waals surface area contributed by atoms with Crippen LogP contribution in [0.3, 0.4) is 0 Å². The van der Waals surface area contributed by atoms with Crippen LogP contribution in [-0.4, -0.2) is 6.61 Å². The largest absolute Gasteiger partial charge is 0.479 e. The van der Waals surface area contributed by atoms with E-state index < -0.39 is 0 Å². The molecule has 0 saturated carbocycles. The molecule has 0 aromatic heterocycles. The third-order valence-corrected chi connectivity index (χ3v) is 3.83. The van der Waals surface area contributed by atoms with Crippen LogP contribution in [0, 0.1) is 11.3 Å². The van der Waals surface area contributed by atoms with Gasteiger partial charge < -0.3 is 10.1 Å². The summed E-state index contributed by atoms with van der Waals surface area (Å²) in [6.07, 6.45) is 0. The van der Waals surface area contributed by atoms with Gasteiger partial charge in [-0.1, -0.05) is 23.7 Å². The van der Waals surface area contributed by atoms with Crippen molar-refractivity contribution < 1.29 is 4.74 Å². The molecule has 0 radical (unpaired) electrons. The van der Waals surface area contributed by atoms with E-state index in [0.29, 0.717) is 17.3 Å². The van der Waals surface area contributed by atoms with Gasteiger partial charge in [0.05, 0.1) is 5.02 Å². The maximum Gasteiger partial charge on any atom is 0.174 e. The molecular weight excluding hydrogens is 340 g/mol. The molecule has 0 aliphatic heterocycles. The van der Waals surface area contributed by atoms with Crippen molar-refractivity contribution in [1.82, 2.24) is 0 Å². The summed E-state index contributed by atoms with van der Waals surface area (Å²) in [6.45, 7) is 0.721. The maximum absolute atomic E-state index is 8.49. The van der Waals surface area contributed by atoms with Crippen molar-refractivity contribution >= 4 is 33.2 Å². The Balaban J connectivity index is 1.99. The third kappa shape index (κ3) is 4.16. The van der Waals surface area contributed by atoms with E-state index in [2.05, 4.69) is 21.2 Å². The van der Waals surface area contributed by atoms with E-state index >= 15 is 0 Å². The van der Waals surface area contributed by atoms with Gasteiger partial charge in [-0.2, -0.15) is 5.26 Å². The lowest BCUT2D eigenvalue weighted by Crippen LogP contribution is -2.00. The first-order valence-electron chi connectivity index (χ1n) is 5.96. The van der Waals surface area contributed by atoms with Gasteiger partial charge in [-0.15, -0.1) is 0 Å². The van der Waals surface area contributed by atoms with E-state index in [1.54, 1.807) is 0 Å². The van der Waals surface area contributed by atoms with Crippen LogP contribution in [0.4, 0.5) is 5.69 Å². The fourth-order valence-electron chi connectivity index (χ4n) is 1.67. The van der Waals surface area contributed by atoms with Crippen molar-refractivity contribution in [1.29, 1.82) is 5.26 Å². The molecule has 0 atom stereocenters. The number of ether oxygens (including phenoxy) is 1. The molecule has 102 valence electrons. The van der Waals surface area contributed by atoms with Gasteiger partial charge >= 0.3 is 0 Å². The summed E-state index contributed by atoms with van der Waals surface area (Å²) in [5, 5.41) is 12.5. The van der Waals surface area contributed by atoms with Crippen LogP contribution in [-0.2, 0) is 6.54 Å². The minimum atomic E-state index is 0.0566. The molecule has 0 fully saturated rings. The Morgan fingerprint density at radius 2 is 2.10 bits per heavy atom. The first-order chi connectivity index (χ1) is 9.69. The van der Waals surface area contributed by atoms with Crippen molar-refractivity contribution in [2.75, 3.05) is 11.9 Å². The zero-order valence-corrected chi connectivity index (χ0v) is 12.9. The molecule has 1 N–H and O–H groups in total. The Hall–Kier alpha value is -1.70. The standard InChI is InChI=1S/C15H12BrClN2O/c16-14-9-12(4-5-15(14)17)19-10-11-2-1-3-13(8-11)20-7-6-18/h1-5,8-9,19H,7,10H2. The second-order valence-corrected chi connectivity index (χ2v) is 5.34. The molecule has 5 heteroatoms. The smallest absolute Gasteiger partial charge is 0.174 e. The fraction of sp³-hybridized carbons (Fsp3) is 0.133. The number of nitrogens with one attached hydrogen (secondary N) is 1. The van der Waals surface area contributed by atoms with Gasteiger partial charge in [-0.25, -0.2) is 0 Å². The number of nitrogens with zero attached hydrogens (tertiary/aromatic N) is 1. The van der Waals surface area contributed by atoms with Crippen LogP contribution < -0.4 is 10.1 Å². The van der Waals surface area contributed by atoms with Gasteiger partial charge in [0.2, 0.25) is 0 Å². The number of anilines is 1. The number of rotatable bonds is 5. The van der Waals surface area contributed by atoms with Gasteiger partial charge in [0, 0.05) is 16.7 Å². The highest BCUT2D eigenvalue weighted by atomic mass is 79.9. The topological polar surface area (TPSA) is 45.0 Å². The van der Waals surface area contributed by atoms with Crippen LogP contribution in [0.2, 0.25) is 5.02 Å². The quantitative estimate of drug-likeness (QED) is 0.855. The van der Waals surface area contributed by atoms with Gasteiger partial charge in [0.25, 0.3) is 0 Å². The van der Waals surface area contributed by atoms with Crippen LogP contribution >= 0.6 is 27.5 Å². The third-order valence-electron chi connectivity index (χ3n) is 2.62. The van der Waals surface area contributed by atoms with E-state index in [9.17, 15) is 0 Å². The van der Waals surface area contributed by atoms with Crippen molar-refractivity contribution in [3.05, 3.63) is 57.5 Å². The molecule has 0 amide bonds. The molecule has 0 spiro atoms. The summed E-state index contributed by atoms with van der Waals surface area (Å²) in [7, 11) is 0. The zero-order valence-electron chi connectivity index (χ0n) is 10.6. The Morgan fingerprint density at radius 1 is 1.25 bits per heavy atom. The minimum Gasteiger partial charge on any atom is -0.479 e. The first-order valence-corrected chi connectivity index (χ1v) is 7.14. The Labute approximate surface area is 131 Å². The lowest BCUT2D eigenvalue weighted by Gasteiger charge is -2.09. The van der Waals surface area contributed by atoms with Gasteiger partial charge in [-0.3, -0.25) is 0 Å². The molecular formula is C15H12BrClN2O. The summed E-state index contributed by atoms with van der Waals surface area (Å²) in [5.74, 6) is 0.697. The SMILES string of the molecule is N#CCOc1cccc(CNc2ccc(Cl)c(Br)c2)c1. The summed E-state index contributed by atoms with van der Waals surface area (Å²) in [4.78, 5) is 0. The van der Waals surface area contributed by atoms with Gasteiger partial charge in [-0.05, 0) is 51.8 Å². The molecule has 3 nitrogen and oxygen atoms in total. The highest BCUT2D eigenvalue weighted by Gasteiger charge is 2.00. The Bertz CT molecular complexity index is 640. The van der Waals surface area contributed by atoms with E-state index in [0.717, 1.165) is 15.7 Å². The molecule has 0 aliphatic carbocycles. The van der Waals surface area contributed by atoms with E-state index in [1.165, 1.54) is 0 Å². The number of hydrogen-bond acceptors (Lipinski definition) is 3. The predicted molar refractivity (Wildman–Crippen MR) is 84.0 cm³/mol. The summed E-state index contributed by atoms with van der Waals surface area (Å²) in [5.41, 5.74) is 2.05. The second-order valence-electron chi connectivity index (χ2n) is 4.08. The van der Waals surface area contributed by atoms with Crippen LogP contribution in [0.1, 0.15) is 5.56 Å². The van der Waals surface area contributed by atoms with Crippen LogP contribution in [0.25, 0.3) is 0 Å². The predicted octanol–water partition coefficient (Wildman–Crippen LogP) is 4.62. The zero-order chi connectivity index (χ0) is 14.4. The van der Waals surface area contributed by atoms with Crippen molar-refractivity contribution in [3.63, 3.8) is 0 Å². The van der Waals surface area contributed by atoms with Crippen LogP contribution in [0.5, 0.6) is 5.75 Å². The van der Waals surface area contributed by atoms with Gasteiger partial charge in [0.1, 0.15) is 11.8 Å². The molecule has 0 unspecified atom stereocenters. The summed E-state index contributed by atoms with van der Waals surface area (Å²) >= 11 is 9.34. The van der Waals surface area contributed by atoms with E-state index in [-0.39, 0.29) is 6.61 Å². The number of halogens is 2. The van der Waals surface area contributed by atoms with E-state index in [1.807, 2.05) is 48.5 Å². The maximum atomic E-state index is 8.49. The minimum absolute atomic E-state index is 0.0566. The summed E-state index contributed by atoms with van der Waals surface area (Å²) < 4.78 is 6.13. The highest BCUT2D eigenvalue weighted by Crippen LogP contribution is 2.26. The van der Waals surface area contributed by atoms with Crippen molar-refractivity contribution in [2.24, 2.45) is 0 Å². The molecule has 0 heterocycles. The highest BCUT2D eigenvalue weighted by molar-refractivity contribution is 9.10. The Morgan fingerprint density at radius 3 is 2.85 bits per heavy atom. The first kappa shape index (κ1) is 14.7. The van der Waals surface area contributed by atoms with E-state index in [4.69, 9.17) is 21.6 Å². The molecule has 20 heavy (non-hydrogen) atoms. The average molecular weight is 352 g/mol. The van der Waals surface area contributed by atoms with Crippen molar-refractivity contribution in [3.8, 4) is 11.8 Å². The van der Waals surface area contributed by atoms with Crippen LogP contribution in [0.15, 0.2) is 46.9 Å². The summed E-state index contributed by atoms with van der Waals surface area (Å²) in [6, 6.07) is 15.3. The molecule has 0 saturated heterocycles. The average Bonchev–Trinajstić information content (AvgIpc) is 2.47. The molecule has 2 rings (SSSR count). The lowest BCUT2D eigenvalue weighted by molar-refractivity contribution is 0.368. The number of nitriles is 1. The van der Waals surface area contributed by atoms with Crippen molar-refractivity contribution in [2.45, 2.75) is 6.54 Å². The normalized spacial score (nSPS) is 9.85. The van der Waals surface area contributed by atoms with Gasteiger partial charge in [0.15, 0.2) is 6.61 Å². The monoisotopic (exact) mass is 350 g/mol. The molecule has 0 aliphatic rings. The lowest BCUT2D eigenvalue weighted by atomic mass is 10.2. The number of benzene rings is 2. The molecule has 0 bridgehead atoms. The molecule has 2 aromatic carbocycles. The molecule has 2 aromatic rings.